The molecule has 2 heteroatoms. The molecule has 0 fully saturated rings. The van der Waals surface area contributed by atoms with Gasteiger partial charge in [-0.25, -0.2) is 0 Å². The molecule has 0 heterocycles. The van der Waals surface area contributed by atoms with Gasteiger partial charge in [-0.15, -0.1) is 0 Å². The molecule has 0 aromatic heterocycles. The van der Waals surface area contributed by atoms with Crippen molar-refractivity contribution in [2.24, 2.45) is 0 Å². The maximum absolute atomic E-state index is 9.56. The van der Waals surface area contributed by atoms with Crippen LogP contribution < -0.4 is 0 Å². The maximum Gasteiger partial charge on any atom is 0.122 e. The fraction of sp³-hybridized carbons (Fsp3) is 0.500. The molecule has 0 saturated heterocycles. The lowest BCUT2D eigenvalue weighted by molar-refractivity contribution is 0.441. The van der Waals surface area contributed by atoms with Gasteiger partial charge in [0.1, 0.15) is 11.5 Å². The molecular formula is C12H18O2. The molecule has 0 spiro atoms. The Bertz CT molecular complexity index is 278. The molecule has 0 saturated carbocycles. The van der Waals surface area contributed by atoms with E-state index in [2.05, 4.69) is 13.8 Å². The Morgan fingerprint density at radius 3 is 1.64 bits per heavy atom. The summed E-state index contributed by atoms with van der Waals surface area (Å²) in [5, 5.41) is 19.1. The molecule has 0 radical (unpaired) electrons. The molecule has 2 nitrogen and oxygen atoms in total. The quantitative estimate of drug-likeness (QED) is 0.773. The second-order valence-electron chi connectivity index (χ2n) is 3.61. The summed E-state index contributed by atoms with van der Waals surface area (Å²) >= 11 is 0. The standard InChI is InChI=1S/C12H18O2/c1-3-5-9-7-10(6-4-2)12(14)8-11(9)13/h7-8,13-14H,3-6H2,1-2H3. The number of aryl methyl sites for hydroxylation is 2. The van der Waals surface area contributed by atoms with Crippen molar-refractivity contribution in [2.45, 2.75) is 39.5 Å². The van der Waals surface area contributed by atoms with E-state index in [0.29, 0.717) is 0 Å². The summed E-state index contributed by atoms with van der Waals surface area (Å²) in [6.45, 7) is 4.15. The van der Waals surface area contributed by atoms with Crippen LogP contribution in [0.1, 0.15) is 37.8 Å². The number of benzene rings is 1. The molecule has 0 aliphatic rings. The van der Waals surface area contributed by atoms with Gasteiger partial charge in [-0.3, -0.25) is 0 Å². The number of hydrogen-bond donors (Lipinski definition) is 2. The molecule has 14 heavy (non-hydrogen) atoms. The summed E-state index contributed by atoms with van der Waals surface area (Å²) in [6, 6.07) is 3.37. The Kier molecular flexibility index (Phi) is 3.81. The fourth-order valence-corrected chi connectivity index (χ4v) is 1.61. The van der Waals surface area contributed by atoms with Crippen LogP contribution in [0.25, 0.3) is 0 Å². The first kappa shape index (κ1) is 10.9. The number of aromatic hydroxyl groups is 2. The smallest absolute Gasteiger partial charge is 0.122 e. The molecule has 1 rings (SSSR count). The van der Waals surface area contributed by atoms with E-state index in [1.54, 1.807) is 0 Å². The summed E-state index contributed by atoms with van der Waals surface area (Å²) in [5.74, 6) is 0.424. The van der Waals surface area contributed by atoms with Crippen LogP contribution in [0.3, 0.4) is 0 Å². The van der Waals surface area contributed by atoms with Crippen LogP contribution in [-0.4, -0.2) is 10.2 Å². The Morgan fingerprint density at radius 1 is 0.857 bits per heavy atom. The van der Waals surface area contributed by atoms with Gasteiger partial charge in [0.15, 0.2) is 0 Å². The number of hydrogen-bond acceptors (Lipinski definition) is 2. The largest absolute Gasteiger partial charge is 0.508 e. The molecule has 0 amide bonds. The van der Waals surface area contributed by atoms with Gasteiger partial charge in [-0.2, -0.15) is 0 Å². The van der Waals surface area contributed by atoms with Crippen LogP contribution in [0.5, 0.6) is 11.5 Å². The summed E-state index contributed by atoms with van der Waals surface area (Å²) < 4.78 is 0. The molecule has 78 valence electrons. The van der Waals surface area contributed by atoms with E-state index in [4.69, 9.17) is 0 Å². The number of phenols is 2. The van der Waals surface area contributed by atoms with Crippen LogP contribution in [0.2, 0.25) is 0 Å². The number of rotatable bonds is 4. The minimum absolute atomic E-state index is 0.212. The zero-order valence-corrected chi connectivity index (χ0v) is 8.88. The molecule has 1 aromatic carbocycles. The zero-order chi connectivity index (χ0) is 10.6. The van der Waals surface area contributed by atoms with E-state index in [-0.39, 0.29) is 11.5 Å². The third kappa shape index (κ3) is 2.41. The van der Waals surface area contributed by atoms with Crippen LogP contribution in [-0.2, 0) is 12.8 Å². The van der Waals surface area contributed by atoms with Gasteiger partial charge < -0.3 is 10.2 Å². The first-order valence-electron chi connectivity index (χ1n) is 5.22. The van der Waals surface area contributed by atoms with E-state index in [1.165, 1.54) is 6.07 Å². The van der Waals surface area contributed by atoms with Gasteiger partial charge in [0.05, 0.1) is 0 Å². The predicted octanol–water partition coefficient (Wildman–Crippen LogP) is 3.00. The van der Waals surface area contributed by atoms with Crippen molar-refractivity contribution >= 4 is 0 Å². The highest BCUT2D eigenvalue weighted by atomic mass is 16.3. The van der Waals surface area contributed by atoms with Gasteiger partial charge >= 0.3 is 0 Å². The highest BCUT2D eigenvalue weighted by molar-refractivity contribution is 5.45. The van der Waals surface area contributed by atoms with E-state index < -0.39 is 0 Å². The summed E-state index contributed by atoms with van der Waals surface area (Å²) in [7, 11) is 0. The molecule has 0 atom stereocenters. The van der Waals surface area contributed by atoms with Crippen molar-refractivity contribution in [3.8, 4) is 11.5 Å². The average Bonchev–Trinajstić information content (AvgIpc) is 2.14. The molecule has 0 aliphatic carbocycles. The van der Waals surface area contributed by atoms with Crippen molar-refractivity contribution in [3.63, 3.8) is 0 Å². The van der Waals surface area contributed by atoms with E-state index in [0.717, 1.165) is 36.8 Å². The lowest BCUT2D eigenvalue weighted by atomic mass is 10.0. The highest BCUT2D eigenvalue weighted by Gasteiger charge is 2.07. The van der Waals surface area contributed by atoms with Crippen molar-refractivity contribution in [1.82, 2.24) is 0 Å². The lowest BCUT2D eigenvalue weighted by Gasteiger charge is -2.08. The molecule has 0 unspecified atom stereocenters. The Morgan fingerprint density at radius 2 is 1.29 bits per heavy atom. The number of phenolic OH excluding ortho intramolecular Hbond substituents is 2. The van der Waals surface area contributed by atoms with Gasteiger partial charge in [0.2, 0.25) is 0 Å². The molecule has 0 aliphatic heterocycles. The lowest BCUT2D eigenvalue weighted by Crippen LogP contribution is -1.90. The van der Waals surface area contributed by atoms with E-state index >= 15 is 0 Å². The van der Waals surface area contributed by atoms with Crippen molar-refractivity contribution in [2.75, 3.05) is 0 Å². The van der Waals surface area contributed by atoms with E-state index in [1.807, 2.05) is 6.07 Å². The summed E-state index contributed by atoms with van der Waals surface area (Å²) in [5.41, 5.74) is 1.88. The topological polar surface area (TPSA) is 40.5 Å². The maximum atomic E-state index is 9.56. The van der Waals surface area contributed by atoms with Gasteiger partial charge in [-0.1, -0.05) is 26.7 Å². The minimum atomic E-state index is 0.212. The first-order chi connectivity index (χ1) is 6.69. The van der Waals surface area contributed by atoms with Crippen molar-refractivity contribution in [1.29, 1.82) is 0 Å². The predicted molar refractivity (Wildman–Crippen MR) is 57.8 cm³/mol. The van der Waals surface area contributed by atoms with Crippen LogP contribution in [0.4, 0.5) is 0 Å². The van der Waals surface area contributed by atoms with Crippen LogP contribution >= 0.6 is 0 Å². The SMILES string of the molecule is CCCc1cc(CCC)c(O)cc1O. The Labute approximate surface area is 85.2 Å². The zero-order valence-electron chi connectivity index (χ0n) is 8.88. The van der Waals surface area contributed by atoms with E-state index in [9.17, 15) is 10.2 Å². The summed E-state index contributed by atoms with van der Waals surface area (Å²) in [4.78, 5) is 0. The highest BCUT2D eigenvalue weighted by Crippen LogP contribution is 2.28. The second kappa shape index (κ2) is 4.89. The van der Waals surface area contributed by atoms with Crippen LogP contribution in [0.15, 0.2) is 12.1 Å². The fourth-order valence-electron chi connectivity index (χ4n) is 1.61. The molecule has 0 bridgehead atoms. The molecule has 2 N–H and O–H groups in total. The Balaban J connectivity index is 3.00. The molecular weight excluding hydrogens is 176 g/mol. The third-order valence-electron chi connectivity index (χ3n) is 2.32. The monoisotopic (exact) mass is 194 g/mol. The van der Waals surface area contributed by atoms with Gasteiger partial charge in [0.25, 0.3) is 0 Å². The van der Waals surface area contributed by atoms with Crippen LogP contribution in [0, 0.1) is 0 Å². The Hall–Kier alpha value is -1.18. The van der Waals surface area contributed by atoms with Gasteiger partial charge in [0, 0.05) is 6.07 Å². The normalized spacial score (nSPS) is 10.4. The summed E-state index contributed by atoms with van der Waals surface area (Å²) in [6.07, 6.45) is 3.74. The second-order valence-corrected chi connectivity index (χ2v) is 3.61. The third-order valence-corrected chi connectivity index (χ3v) is 2.32. The minimum Gasteiger partial charge on any atom is -0.508 e. The first-order valence-corrected chi connectivity index (χ1v) is 5.22. The van der Waals surface area contributed by atoms with Gasteiger partial charge in [-0.05, 0) is 30.0 Å². The average molecular weight is 194 g/mol. The molecule has 1 aromatic rings. The van der Waals surface area contributed by atoms with Crippen molar-refractivity contribution < 1.29 is 10.2 Å². The van der Waals surface area contributed by atoms with Crippen molar-refractivity contribution in [3.05, 3.63) is 23.3 Å².